The predicted octanol–water partition coefficient (Wildman–Crippen LogP) is 1.89. The summed E-state index contributed by atoms with van der Waals surface area (Å²) in [5, 5.41) is 3.53. The average Bonchev–Trinajstić information content (AvgIpc) is 2.96. The van der Waals surface area contributed by atoms with E-state index < -0.39 is 16.0 Å². The first kappa shape index (κ1) is 17.6. The standard InChI is InChI=1S/C14H21ClFN3O2S/c1-19(10-12-13(15)5-2-6-14(12)16)22(20,21)18-9-7-11-4-3-8-17-11/h2,5-6,11,17-18H,3-4,7-10H2,1H3/t11-/m1/s1. The largest absolute Gasteiger partial charge is 0.314 e. The second-order valence-electron chi connectivity index (χ2n) is 5.44. The van der Waals surface area contributed by atoms with E-state index in [4.69, 9.17) is 11.6 Å². The maximum atomic E-state index is 13.7. The minimum Gasteiger partial charge on any atom is -0.314 e. The van der Waals surface area contributed by atoms with Crippen LogP contribution in [0, 0.1) is 5.82 Å². The first-order valence-corrected chi connectivity index (χ1v) is 9.09. The Balaban J connectivity index is 1.90. The Hall–Kier alpha value is -0.730. The molecule has 1 saturated heterocycles. The van der Waals surface area contributed by atoms with E-state index in [9.17, 15) is 12.8 Å². The summed E-state index contributed by atoms with van der Waals surface area (Å²) in [5.74, 6) is -0.510. The zero-order chi connectivity index (χ0) is 16.2. The molecule has 0 bridgehead atoms. The second kappa shape index (κ2) is 7.70. The fourth-order valence-corrected chi connectivity index (χ4v) is 3.58. The highest BCUT2D eigenvalue weighted by molar-refractivity contribution is 7.87. The molecule has 0 aliphatic carbocycles. The molecule has 2 N–H and O–H groups in total. The number of benzene rings is 1. The van der Waals surface area contributed by atoms with Gasteiger partial charge in [0, 0.05) is 36.8 Å². The molecule has 0 saturated carbocycles. The zero-order valence-corrected chi connectivity index (χ0v) is 14.1. The van der Waals surface area contributed by atoms with Crippen LogP contribution in [0.2, 0.25) is 5.02 Å². The van der Waals surface area contributed by atoms with Crippen LogP contribution in [0.25, 0.3) is 0 Å². The minimum atomic E-state index is -3.65. The Kier molecular flexibility index (Phi) is 6.17. The molecule has 1 aliphatic rings. The van der Waals surface area contributed by atoms with Crippen molar-refractivity contribution in [3.63, 3.8) is 0 Å². The third-order valence-electron chi connectivity index (χ3n) is 3.79. The average molecular weight is 350 g/mol. The molecule has 1 fully saturated rings. The van der Waals surface area contributed by atoms with Gasteiger partial charge in [-0.05, 0) is 37.9 Å². The highest BCUT2D eigenvalue weighted by atomic mass is 35.5. The summed E-state index contributed by atoms with van der Waals surface area (Å²) in [6.45, 7) is 1.24. The molecule has 2 rings (SSSR count). The fraction of sp³-hybridized carbons (Fsp3) is 0.571. The van der Waals surface area contributed by atoms with Crippen molar-refractivity contribution >= 4 is 21.8 Å². The van der Waals surface area contributed by atoms with Gasteiger partial charge in [0.15, 0.2) is 0 Å². The molecule has 0 radical (unpaired) electrons. The van der Waals surface area contributed by atoms with Crippen molar-refractivity contribution in [1.82, 2.24) is 14.3 Å². The van der Waals surface area contributed by atoms with Crippen LogP contribution >= 0.6 is 11.6 Å². The lowest BCUT2D eigenvalue weighted by Crippen LogP contribution is -2.39. The van der Waals surface area contributed by atoms with Gasteiger partial charge in [-0.25, -0.2) is 9.11 Å². The van der Waals surface area contributed by atoms with E-state index in [1.807, 2.05) is 0 Å². The normalized spacial score (nSPS) is 19.0. The Morgan fingerprint density at radius 1 is 1.50 bits per heavy atom. The first-order valence-electron chi connectivity index (χ1n) is 7.27. The van der Waals surface area contributed by atoms with Gasteiger partial charge in [0.25, 0.3) is 10.2 Å². The maximum Gasteiger partial charge on any atom is 0.279 e. The predicted molar refractivity (Wildman–Crippen MR) is 85.4 cm³/mol. The highest BCUT2D eigenvalue weighted by Gasteiger charge is 2.21. The van der Waals surface area contributed by atoms with Gasteiger partial charge in [-0.1, -0.05) is 17.7 Å². The van der Waals surface area contributed by atoms with E-state index in [2.05, 4.69) is 10.0 Å². The number of halogens is 2. The van der Waals surface area contributed by atoms with Crippen LogP contribution in [0.15, 0.2) is 18.2 Å². The molecule has 1 aromatic carbocycles. The lowest BCUT2D eigenvalue weighted by atomic mass is 10.2. The third-order valence-corrected chi connectivity index (χ3v) is 5.67. The van der Waals surface area contributed by atoms with Gasteiger partial charge in [-0.2, -0.15) is 12.7 Å². The Labute approximate surface area is 136 Å². The van der Waals surface area contributed by atoms with Crippen molar-refractivity contribution in [1.29, 1.82) is 0 Å². The molecule has 1 atom stereocenters. The monoisotopic (exact) mass is 349 g/mol. The Bertz CT molecular complexity index is 586. The van der Waals surface area contributed by atoms with Crippen LogP contribution in [-0.2, 0) is 16.8 Å². The second-order valence-corrected chi connectivity index (χ2v) is 7.71. The molecular formula is C14H21ClFN3O2S. The van der Waals surface area contributed by atoms with Crippen LogP contribution < -0.4 is 10.0 Å². The van der Waals surface area contributed by atoms with Crippen molar-refractivity contribution in [3.8, 4) is 0 Å². The van der Waals surface area contributed by atoms with E-state index >= 15 is 0 Å². The van der Waals surface area contributed by atoms with Crippen LogP contribution in [-0.4, -0.2) is 38.9 Å². The number of nitrogens with zero attached hydrogens (tertiary/aromatic N) is 1. The van der Waals surface area contributed by atoms with E-state index in [0.717, 1.165) is 30.1 Å². The van der Waals surface area contributed by atoms with Gasteiger partial charge in [0.2, 0.25) is 0 Å². The molecule has 124 valence electrons. The van der Waals surface area contributed by atoms with Crippen LogP contribution in [0.5, 0.6) is 0 Å². The summed E-state index contributed by atoms with van der Waals surface area (Å²) in [5.41, 5.74) is 0.175. The molecule has 1 heterocycles. The van der Waals surface area contributed by atoms with Crippen molar-refractivity contribution in [2.75, 3.05) is 20.1 Å². The van der Waals surface area contributed by atoms with Gasteiger partial charge in [0.05, 0.1) is 0 Å². The van der Waals surface area contributed by atoms with Gasteiger partial charge in [-0.15, -0.1) is 0 Å². The summed E-state index contributed by atoms with van der Waals surface area (Å²) < 4.78 is 41.6. The summed E-state index contributed by atoms with van der Waals surface area (Å²) in [6, 6.07) is 4.66. The van der Waals surface area contributed by atoms with Crippen LogP contribution in [0.3, 0.4) is 0 Å². The van der Waals surface area contributed by atoms with E-state index in [-0.39, 0.29) is 17.1 Å². The lowest BCUT2D eigenvalue weighted by molar-refractivity contribution is 0.442. The molecule has 1 aromatic rings. The van der Waals surface area contributed by atoms with Crippen LogP contribution in [0.4, 0.5) is 4.39 Å². The van der Waals surface area contributed by atoms with Gasteiger partial charge in [-0.3, -0.25) is 0 Å². The highest BCUT2D eigenvalue weighted by Crippen LogP contribution is 2.21. The van der Waals surface area contributed by atoms with Crippen molar-refractivity contribution in [2.45, 2.75) is 31.8 Å². The molecule has 5 nitrogen and oxygen atoms in total. The molecule has 0 spiro atoms. The number of rotatable bonds is 7. The summed E-state index contributed by atoms with van der Waals surface area (Å²) in [6.07, 6.45) is 2.94. The SMILES string of the molecule is CN(Cc1c(F)cccc1Cl)S(=O)(=O)NCC[C@H]1CCCN1. The molecular weight excluding hydrogens is 329 g/mol. The molecule has 0 unspecified atom stereocenters. The molecule has 1 aliphatic heterocycles. The van der Waals surface area contributed by atoms with Crippen LogP contribution in [0.1, 0.15) is 24.8 Å². The van der Waals surface area contributed by atoms with E-state index in [1.165, 1.54) is 19.2 Å². The first-order chi connectivity index (χ1) is 10.4. The summed E-state index contributed by atoms with van der Waals surface area (Å²) >= 11 is 5.92. The topological polar surface area (TPSA) is 61.4 Å². The molecule has 0 aromatic heterocycles. The van der Waals surface area contributed by atoms with Crippen molar-refractivity contribution in [2.24, 2.45) is 0 Å². The number of nitrogens with one attached hydrogen (secondary N) is 2. The third kappa shape index (κ3) is 4.63. The van der Waals surface area contributed by atoms with Crippen molar-refractivity contribution < 1.29 is 12.8 Å². The smallest absolute Gasteiger partial charge is 0.279 e. The zero-order valence-electron chi connectivity index (χ0n) is 12.5. The lowest BCUT2D eigenvalue weighted by Gasteiger charge is -2.19. The van der Waals surface area contributed by atoms with E-state index in [1.54, 1.807) is 6.07 Å². The maximum absolute atomic E-state index is 13.7. The minimum absolute atomic E-state index is 0.109. The Morgan fingerprint density at radius 3 is 2.91 bits per heavy atom. The van der Waals surface area contributed by atoms with Gasteiger partial charge < -0.3 is 5.32 Å². The van der Waals surface area contributed by atoms with E-state index in [0.29, 0.717) is 12.6 Å². The molecule has 8 heteroatoms. The Morgan fingerprint density at radius 2 is 2.27 bits per heavy atom. The molecule has 0 amide bonds. The fourth-order valence-electron chi connectivity index (χ4n) is 2.47. The number of hydrogen-bond donors (Lipinski definition) is 2. The quantitative estimate of drug-likeness (QED) is 0.790. The summed E-state index contributed by atoms with van der Waals surface area (Å²) in [7, 11) is -2.25. The van der Waals surface area contributed by atoms with Crippen molar-refractivity contribution in [3.05, 3.63) is 34.6 Å². The molecule has 22 heavy (non-hydrogen) atoms. The number of hydrogen-bond acceptors (Lipinski definition) is 3. The van der Waals surface area contributed by atoms with Gasteiger partial charge in [0.1, 0.15) is 5.82 Å². The summed E-state index contributed by atoms with van der Waals surface area (Å²) in [4.78, 5) is 0. The van der Waals surface area contributed by atoms with Gasteiger partial charge >= 0.3 is 0 Å².